The SMILES string of the molecule is CCN1C(=S)N[C@H](c2ccc(NC(=O)C3CC3)cc2)C(C(=O)OCC(C)C)=C1C. The Morgan fingerprint density at radius 1 is 1.28 bits per heavy atom. The van der Waals surface area contributed by atoms with Crippen molar-refractivity contribution in [3.63, 3.8) is 0 Å². The number of nitrogens with zero attached hydrogens (tertiary/aromatic N) is 1. The summed E-state index contributed by atoms with van der Waals surface area (Å²) < 4.78 is 5.54. The van der Waals surface area contributed by atoms with Crippen molar-refractivity contribution in [3.8, 4) is 0 Å². The number of ether oxygens (including phenoxy) is 1. The van der Waals surface area contributed by atoms with Crippen molar-refractivity contribution in [1.29, 1.82) is 0 Å². The lowest BCUT2D eigenvalue weighted by Gasteiger charge is -2.37. The van der Waals surface area contributed by atoms with Gasteiger partial charge in [-0.05, 0) is 62.5 Å². The fourth-order valence-corrected chi connectivity index (χ4v) is 3.73. The molecule has 2 aliphatic rings. The number of esters is 1. The molecule has 3 rings (SSSR count). The summed E-state index contributed by atoms with van der Waals surface area (Å²) in [5.74, 6) is 0.148. The third-order valence-electron chi connectivity index (χ3n) is 5.14. The standard InChI is InChI=1S/C22H29N3O3S/c1-5-25-14(4)18(21(27)28-12-13(2)3)19(24-22(25)29)15-8-10-17(11-9-15)23-20(26)16-6-7-16/h8-11,13,16,19H,5-7,12H2,1-4H3,(H,23,26)(H,24,29)/t19-/m1/s1. The Kier molecular flexibility index (Phi) is 6.57. The maximum Gasteiger partial charge on any atom is 0.338 e. The number of nitrogens with one attached hydrogen (secondary N) is 2. The van der Waals surface area contributed by atoms with E-state index in [1.54, 1.807) is 0 Å². The van der Waals surface area contributed by atoms with Crippen molar-refractivity contribution in [3.05, 3.63) is 41.1 Å². The van der Waals surface area contributed by atoms with Gasteiger partial charge in [-0.25, -0.2) is 4.79 Å². The highest BCUT2D eigenvalue weighted by Crippen LogP contribution is 2.33. The lowest BCUT2D eigenvalue weighted by Crippen LogP contribution is -2.47. The summed E-state index contributed by atoms with van der Waals surface area (Å²) in [5, 5.41) is 6.80. The topological polar surface area (TPSA) is 70.7 Å². The van der Waals surface area contributed by atoms with Gasteiger partial charge in [0.05, 0.1) is 18.2 Å². The van der Waals surface area contributed by atoms with Gasteiger partial charge < -0.3 is 20.3 Å². The van der Waals surface area contributed by atoms with Gasteiger partial charge in [0.2, 0.25) is 5.91 Å². The van der Waals surface area contributed by atoms with Crippen LogP contribution in [0.15, 0.2) is 35.5 Å². The molecule has 1 aliphatic carbocycles. The van der Waals surface area contributed by atoms with Crippen LogP contribution < -0.4 is 10.6 Å². The van der Waals surface area contributed by atoms with Crippen LogP contribution in [0.2, 0.25) is 0 Å². The van der Waals surface area contributed by atoms with E-state index in [4.69, 9.17) is 17.0 Å². The average molecular weight is 416 g/mol. The molecule has 1 aliphatic heterocycles. The Bertz CT molecular complexity index is 828. The van der Waals surface area contributed by atoms with Crippen molar-refractivity contribution >= 4 is 34.9 Å². The molecular weight excluding hydrogens is 386 g/mol. The first-order chi connectivity index (χ1) is 13.8. The fourth-order valence-electron chi connectivity index (χ4n) is 3.35. The maximum atomic E-state index is 12.9. The van der Waals surface area contributed by atoms with Gasteiger partial charge in [-0.15, -0.1) is 0 Å². The van der Waals surface area contributed by atoms with E-state index in [0.29, 0.717) is 23.8 Å². The van der Waals surface area contributed by atoms with Crippen LogP contribution in [0.4, 0.5) is 5.69 Å². The third-order valence-corrected chi connectivity index (χ3v) is 5.48. The summed E-state index contributed by atoms with van der Waals surface area (Å²) in [6.45, 7) is 8.94. The summed E-state index contributed by atoms with van der Waals surface area (Å²) in [7, 11) is 0. The first-order valence-corrected chi connectivity index (χ1v) is 10.6. The number of amides is 1. The zero-order chi connectivity index (χ0) is 21.1. The number of hydrogen-bond acceptors (Lipinski definition) is 4. The second kappa shape index (κ2) is 8.95. The molecule has 156 valence electrons. The molecule has 7 heteroatoms. The van der Waals surface area contributed by atoms with E-state index in [9.17, 15) is 9.59 Å². The summed E-state index contributed by atoms with van der Waals surface area (Å²) in [6.07, 6.45) is 1.93. The van der Waals surface area contributed by atoms with Crippen LogP contribution in [0.5, 0.6) is 0 Å². The van der Waals surface area contributed by atoms with Gasteiger partial charge >= 0.3 is 5.97 Å². The number of rotatable bonds is 7. The van der Waals surface area contributed by atoms with Crippen LogP contribution in [0.1, 0.15) is 52.1 Å². The van der Waals surface area contributed by atoms with E-state index in [1.807, 2.05) is 56.9 Å². The van der Waals surface area contributed by atoms with E-state index in [-0.39, 0.29) is 23.7 Å². The van der Waals surface area contributed by atoms with E-state index < -0.39 is 6.04 Å². The predicted octanol–water partition coefficient (Wildman–Crippen LogP) is 3.76. The predicted molar refractivity (Wildman–Crippen MR) is 117 cm³/mol. The number of thiocarbonyl (C=S) groups is 1. The molecule has 2 N–H and O–H groups in total. The molecule has 0 saturated heterocycles. The second-order valence-electron chi connectivity index (χ2n) is 8.00. The van der Waals surface area contributed by atoms with Crippen molar-refractivity contribution in [2.75, 3.05) is 18.5 Å². The maximum absolute atomic E-state index is 12.9. The molecule has 0 unspecified atom stereocenters. The summed E-state index contributed by atoms with van der Waals surface area (Å²) in [4.78, 5) is 26.8. The van der Waals surface area contributed by atoms with Crippen molar-refractivity contribution in [1.82, 2.24) is 10.2 Å². The Balaban J connectivity index is 1.86. The Morgan fingerprint density at radius 3 is 2.48 bits per heavy atom. The van der Waals surface area contributed by atoms with Crippen molar-refractivity contribution < 1.29 is 14.3 Å². The monoisotopic (exact) mass is 415 g/mol. The quantitative estimate of drug-likeness (QED) is 0.522. The first-order valence-electron chi connectivity index (χ1n) is 10.2. The highest BCUT2D eigenvalue weighted by molar-refractivity contribution is 7.80. The second-order valence-corrected chi connectivity index (χ2v) is 8.39. The fraction of sp³-hybridized carbons (Fsp3) is 0.500. The molecule has 1 aromatic rings. The molecule has 0 bridgehead atoms. The van der Waals surface area contributed by atoms with Gasteiger partial charge in [0.15, 0.2) is 5.11 Å². The molecule has 1 heterocycles. The van der Waals surface area contributed by atoms with Crippen LogP contribution in [0.3, 0.4) is 0 Å². The number of hydrogen-bond donors (Lipinski definition) is 2. The van der Waals surface area contributed by atoms with Gasteiger partial charge in [-0.3, -0.25) is 4.79 Å². The molecule has 1 fully saturated rings. The van der Waals surface area contributed by atoms with Crippen LogP contribution in [0.25, 0.3) is 0 Å². The van der Waals surface area contributed by atoms with Crippen LogP contribution in [-0.4, -0.2) is 35.0 Å². The summed E-state index contributed by atoms with van der Waals surface area (Å²) in [6, 6.07) is 7.15. The molecule has 1 aromatic carbocycles. The molecule has 0 radical (unpaired) electrons. The molecule has 6 nitrogen and oxygen atoms in total. The molecular formula is C22H29N3O3S. The lowest BCUT2D eigenvalue weighted by atomic mass is 9.94. The zero-order valence-corrected chi connectivity index (χ0v) is 18.3. The average Bonchev–Trinajstić information content (AvgIpc) is 3.52. The minimum Gasteiger partial charge on any atom is -0.462 e. The minimum absolute atomic E-state index is 0.0713. The van der Waals surface area contributed by atoms with E-state index in [2.05, 4.69) is 10.6 Å². The Morgan fingerprint density at radius 2 is 1.93 bits per heavy atom. The summed E-state index contributed by atoms with van der Waals surface area (Å²) >= 11 is 5.52. The van der Waals surface area contributed by atoms with Gasteiger partial charge in [0.1, 0.15) is 0 Å². The van der Waals surface area contributed by atoms with Crippen LogP contribution in [0, 0.1) is 11.8 Å². The van der Waals surface area contributed by atoms with E-state index in [0.717, 1.165) is 29.8 Å². The lowest BCUT2D eigenvalue weighted by molar-refractivity contribution is -0.140. The molecule has 0 aromatic heterocycles. The number of anilines is 1. The molecule has 29 heavy (non-hydrogen) atoms. The Hall–Kier alpha value is -2.41. The van der Waals surface area contributed by atoms with Crippen LogP contribution in [-0.2, 0) is 14.3 Å². The van der Waals surface area contributed by atoms with Gasteiger partial charge in [-0.2, -0.15) is 0 Å². The number of carbonyl (C=O) groups is 2. The molecule has 1 amide bonds. The highest BCUT2D eigenvalue weighted by atomic mass is 32.1. The highest BCUT2D eigenvalue weighted by Gasteiger charge is 2.34. The number of allylic oxidation sites excluding steroid dienone is 1. The Labute approximate surface area is 177 Å². The molecule has 1 atom stereocenters. The van der Waals surface area contributed by atoms with E-state index >= 15 is 0 Å². The van der Waals surface area contributed by atoms with Crippen molar-refractivity contribution in [2.24, 2.45) is 11.8 Å². The first kappa shape index (κ1) is 21.3. The number of benzene rings is 1. The molecule has 1 saturated carbocycles. The smallest absolute Gasteiger partial charge is 0.338 e. The number of carbonyl (C=O) groups excluding carboxylic acids is 2. The van der Waals surface area contributed by atoms with Crippen LogP contribution >= 0.6 is 12.2 Å². The van der Waals surface area contributed by atoms with E-state index in [1.165, 1.54) is 0 Å². The van der Waals surface area contributed by atoms with Gasteiger partial charge in [0.25, 0.3) is 0 Å². The molecule has 0 spiro atoms. The summed E-state index contributed by atoms with van der Waals surface area (Å²) in [5.41, 5.74) is 3.02. The minimum atomic E-state index is -0.391. The largest absolute Gasteiger partial charge is 0.462 e. The van der Waals surface area contributed by atoms with Gasteiger partial charge in [0, 0.05) is 23.8 Å². The normalized spacial score (nSPS) is 19.3. The zero-order valence-electron chi connectivity index (χ0n) is 17.5. The third kappa shape index (κ3) is 4.96. The van der Waals surface area contributed by atoms with Crippen molar-refractivity contribution in [2.45, 2.75) is 46.6 Å². The van der Waals surface area contributed by atoms with Gasteiger partial charge in [-0.1, -0.05) is 26.0 Å².